The molecule has 0 amide bonds. The topological polar surface area (TPSA) is 68.5 Å². The molecule has 0 radical (unpaired) electrons. The number of nitrogens with zero attached hydrogens (tertiary/aromatic N) is 6. The number of piperazine rings is 1. The van der Waals surface area contributed by atoms with Crippen molar-refractivity contribution in [3.63, 3.8) is 0 Å². The van der Waals surface area contributed by atoms with E-state index in [-0.39, 0.29) is 18.5 Å². The van der Waals surface area contributed by atoms with E-state index in [0.29, 0.717) is 22.5 Å². The van der Waals surface area contributed by atoms with Crippen LogP contribution in [0.5, 0.6) is 5.88 Å². The van der Waals surface area contributed by atoms with Gasteiger partial charge in [0.15, 0.2) is 5.65 Å². The minimum absolute atomic E-state index is 0.0887. The first kappa shape index (κ1) is 25.0. The van der Waals surface area contributed by atoms with Crippen molar-refractivity contribution < 1.29 is 13.9 Å². The van der Waals surface area contributed by atoms with Gasteiger partial charge in [-0.25, -0.2) is 14.4 Å². The highest BCUT2D eigenvalue weighted by Crippen LogP contribution is 2.25. The number of fused-ring (bicyclic) bond motifs is 1. The number of halogens is 2. The van der Waals surface area contributed by atoms with E-state index in [2.05, 4.69) is 26.3 Å². The lowest BCUT2D eigenvalue weighted by atomic mass is 10.1. The second-order valence-electron chi connectivity index (χ2n) is 9.89. The molecule has 2 fully saturated rings. The summed E-state index contributed by atoms with van der Waals surface area (Å²) in [6.45, 7) is 7.22. The lowest BCUT2D eigenvalue weighted by Crippen LogP contribution is -2.52. The summed E-state index contributed by atoms with van der Waals surface area (Å²) in [4.78, 5) is 18.9. The van der Waals surface area contributed by atoms with Gasteiger partial charge in [0.1, 0.15) is 29.6 Å². The highest BCUT2D eigenvalue weighted by Gasteiger charge is 2.28. The van der Waals surface area contributed by atoms with Crippen LogP contribution in [0.15, 0.2) is 54.7 Å². The largest absolute Gasteiger partial charge is 0.473 e. The molecule has 2 saturated heterocycles. The van der Waals surface area contributed by atoms with Gasteiger partial charge in [0.25, 0.3) is 0 Å². The van der Waals surface area contributed by atoms with E-state index in [4.69, 9.17) is 31.0 Å². The molecule has 0 spiro atoms. The molecule has 2 aliphatic heterocycles. The standard InChI is InChI=1S/C28H30ClFN6O2/c1-19-15-35(25-5-2-6-27(33-25)38-18-20-7-8-21(29)14-23(20)30)12-11-34(19)17-26-32-24-4-3-10-31-28(24)36(26)16-22-9-13-37-22/h2-8,10,14,19,22H,9,11-13,15-18H2,1H3/t19-,22-/m0/s1. The molecule has 0 aliphatic carbocycles. The second-order valence-corrected chi connectivity index (χ2v) is 10.3. The smallest absolute Gasteiger partial charge is 0.215 e. The predicted octanol–water partition coefficient (Wildman–Crippen LogP) is 4.70. The second kappa shape index (κ2) is 10.8. The molecule has 0 unspecified atom stereocenters. The normalized spacial score (nSPS) is 20.0. The molecule has 5 heterocycles. The van der Waals surface area contributed by atoms with E-state index < -0.39 is 0 Å². The Bertz CT molecular complexity index is 1430. The van der Waals surface area contributed by atoms with E-state index in [1.807, 2.05) is 30.5 Å². The van der Waals surface area contributed by atoms with Crippen molar-refractivity contribution >= 4 is 28.6 Å². The van der Waals surface area contributed by atoms with Gasteiger partial charge in [0.05, 0.1) is 19.2 Å². The first-order chi connectivity index (χ1) is 18.5. The fourth-order valence-electron chi connectivity index (χ4n) is 5.02. The first-order valence-electron chi connectivity index (χ1n) is 13.0. The molecule has 3 aromatic heterocycles. The van der Waals surface area contributed by atoms with Gasteiger partial charge in [-0.3, -0.25) is 4.90 Å². The molecule has 0 bridgehead atoms. The van der Waals surface area contributed by atoms with Crippen LogP contribution in [0.1, 0.15) is 24.7 Å². The van der Waals surface area contributed by atoms with Gasteiger partial charge in [0, 0.05) is 55.1 Å². The Morgan fingerprint density at radius 2 is 2.03 bits per heavy atom. The molecule has 0 saturated carbocycles. The SMILES string of the molecule is C[C@H]1CN(c2cccc(OCc3ccc(Cl)cc3F)n2)CCN1Cc1nc2cccnc2n1C[C@@H]1CCO1. The molecule has 10 heteroatoms. The number of ether oxygens (including phenoxy) is 2. The van der Waals surface area contributed by atoms with Crippen LogP contribution >= 0.6 is 11.6 Å². The Morgan fingerprint density at radius 3 is 2.82 bits per heavy atom. The molecular weight excluding hydrogens is 507 g/mol. The molecular formula is C28H30ClFN6O2. The summed E-state index contributed by atoms with van der Waals surface area (Å²) in [5.74, 6) is 1.95. The van der Waals surface area contributed by atoms with Crippen molar-refractivity contribution in [2.45, 2.75) is 45.2 Å². The summed E-state index contributed by atoms with van der Waals surface area (Å²) in [7, 11) is 0. The minimum Gasteiger partial charge on any atom is -0.473 e. The third-order valence-electron chi connectivity index (χ3n) is 7.30. The molecule has 8 nitrogen and oxygen atoms in total. The monoisotopic (exact) mass is 536 g/mol. The van der Waals surface area contributed by atoms with E-state index in [0.717, 1.165) is 68.6 Å². The van der Waals surface area contributed by atoms with Crippen LogP contribution in [-0.4, -0.2) is 62.8 Å². The summed E-state index contributed by atoms with van der Waals surface area (Å²) in [6.07, 6.45) is 3.13. The summed E-state index contributed by atoms with van der Waals surface area (Å²) >= 11 is 5.85. The maximum absolute atomic E-state index is 14.1. The van der Waals surface area contributed by atoms with Crippen LogP contribution in [0.3, 0.4) is 0 Å². The molecule has 4 aromatic rings. The number of hydrogen-bond acceptors (Lipinski definition) is 7. The average molecular weight is 537 g/mol. The van der Waals surface area contributed by atoms with Gasteiger partial charge < -0.3 is 18.9 Å². The van der Waals surface area contributed by atoms with Crippen molar-refractivity contribution in [1.29, 1.82) is 0 Å². The molecule has 198 valence electrons. The summed E-state index contributed by atoms with van der Waals surface area (Å²) in [5.41, 5.74) is 2.28. The number of benzene rings is 1. The first-order valence-corrected chi connectivity index (χ1v) is 13.4. The molecule has 38 heavy (non-hydrogen) atoms. The van der Waals surface area contributed by atoms with Crippen LogP contribution in [0, 0.1) is 5.82 Å². The Labute approximate surface area is 226 Å². The maximum Gasteiger partial charge on any atom is 0.215 e. The quantitative estimate of drug-likeness (QED) is 0.323. The molecule has 1 aromatic carbocycles. The number of imidazole rings is 1. The van der Waals surface area contributed by atoms with Crippen LogP contribution in [0.2, 0.25) is 5.02 Å². The van der Waals surface area contributed by atoms with Crippen molar-refractivity contribution in [3.05, 3.63) is 77.0 Å². The maximum atomic E-state index is 14.1. The number of anilines is 1. The zero-order valence-electron chi connectivity index (χ0n) is 21.3. The minimum atomic E-state index is -0.386. The van der Waals surface area contributed by atoms with Crippen molar-refractivity contribution in [2.75, 3.05) is 31.1 Å². The van der Waals surface area contributed by atoms with Gasteiger partial charge in [-0.15, -0.1) is 0 Å². The van der Waals surface area contributed by atoms with Gasteiger partial charge in [-0.2, -0.15) is 4.98 Å². The van der Waals surface area contributed by atoms with E-state index in [9.17, 15) is 4.39 Å². The third kappa shape index (κ3) is 5.32. The van der Waals surface area contributed by atoms with Crippen LogP contribution in [0.4, 0.5) is 10.2 Å². The number of rotatable bonds is 8. The highest BCUT2D eigenvalue weighted by atomic mass is 35.5. The summed E-state index contributed by atoms with van der Waals surface area (Å²) in [5, 5.41) is 0.362. The summed E-state index contributed by atoms with van der Waals surface area (Å²) < 4.78 is 27.8. The van der Waals surface area contributed by atoms with Gasteiger partial charge in [-0.05, 0) is 43.7 Å². The zero-order valence-corrected chi connectivity index (χ0v) is 22.0. The van der Waals surface area contributed by atoms with Gasteiger partial charge in [-0.1, -0.05) is 23.7 Å². The lowest BCUT2D eigenvalue weighted by molar-refractivity contribution is -0.0593. The average Bonchev–Trinajstić information content (AvgIpc) is 3.24. The van der Waals surface area contributed by atoms with E-state index in [1.165, 1.54) is 6.07 Å². The molecule has 2 aliphatic rings. The molecule has 2 atom stereocenters. The third-order valence-corrected chi connectivity index (χ3v) is 7.53. The summed E-state index contributed by atoms with van der Waals surface area (Å²) in [6, 6.07) is 14.5. The van der Waals surface area contributed by atoms with Crippen LogP contribution in [0.25, 0.3) is 11.2 Å². The van der Waals surface area contributed by atoms with Gasteiger partial charge in [0.2, 0.25) is 5.88 Å². The Balaban J connectivity index is 1.11. The Morgan fingerprint density at radius 1 is 1.13 bits per heavy atom. The molecule has 6 rings (SSSR count). The predicted molar refractivity (Wildman–Crippen MR) is 144 cm³/mol. The lowest BCUT2D eigenvalue weighted by Gasteiger charge is -2.40. The van der Waals surface area contributed by atoms with Gasteiger partial charge >= 0.3 is 0 Å². The number of pyridine rings is 2. The van der Waals surface area contributed by atoms with Crippen molar-refractivity contribution in [1.82, 2.24) is 24.4 Å². The fraction of sp³-hybridized carbons (Fsp3) is 0.393. The van der Waals surface area contributed by atoms with Crippen LogP contribution in [-0.2, 0) is 24.4 Å². The van der Waals surface area contributed by atoms with E-state index >= 15 is 0 Å². The van der Waals surface area contributed by atoms with Crippen molar-refractivity contribution in [2.24, 2.45) is 0 Å². The Kier molecular flexibility index (Phi) is 7.14. The van der Waals surface area contributed by atoms with Crippen LogP contribution < -0.4 is 9.64 Å². The number of aromatic nitrogens is 4. The zero-order chi connectivity index (χ0) is 26.1. The van der Waals surface area contributed by atoms with Crippen molar-refractivity contribution in [3.8, 4) is 5.88 Å². The highest BCUT2D eigenvalue weighted by molar-refractivity contribution is 6.30. The van der Waals surface area contributed by atoms with E-state index in [1.54, 1.807) is 18.2 Å². The Hall–Kier alpha value is -3.27. The number of hydrogen-bond donors (Lipinski definition) is 0. The molecule has 0 N–H and O–H groups in total. The fourth-order valence-corrected chi connectivity index (χ4v) is 5.18.